The first-order chi connectivity index (χ1) is 17.8. The van der Waals surface area contributed by atoms with Crippen LogP contribution in [0.1, 0.15) is 57.6 Å². The molecule has 200 valence electrons. The predicted octanol–water partition coefficient (Wildman–Crippen LogP) is 3.95. The van der Waals surface area contributed by atoms with E-state index in [1.165, 1.54) is 11.6 Å². The molecule has 0 aromatic heterocycles. The number of aliphatic hydroxyl groups excluding tert-OH is 1. The van der Waals surface area contributed by atoms with E-state index in [0.29, 0.717) is 42.9 Å². The summed E-state index contributed by atoms with van der Waals surface area (Å²) >= 11 is 0. The summed E-state index contributed by atoms with van der Waals surface area (Å²) in [6, 6.07) is 7.21. The Balaban J connectivity index is 1.41. The molecule has 0 amide bonds. The van der Waals surface area contributed by atoms with Gasteiger partial charge in [-0.3, -0.25) is 0 Å². The van der Waals surface area contributed by atoms with Gasteiger partial charge in [-0.25, -0.2) is 4.79 Å². The van der Waals surface area contributed by atoms with Crippen LogP contribution in [0.25, 0.3) is 6.08 Å². The van der Waals surface area contributed by atoms with Crippen LogP contribution >= 0.6 is 0 Å². The highest BCUT2D eigenvalue weighted by Gasteiger charge is 2.72. The van der Waals surface area contributed by atoms with Crippen molar-refractivity contribution in [2.24, 2.45) is 5.92 Å². The molecule has 1 spiro atoms. The van der Waals surface area contributed by atoms with Gasteiger partial charge in [-0.2, -0.15) is 5.26 Å². The van der Waals surface area contributed by atoms with Crippen LogP contribution in [0.4, 0.5) is 0 Å². The van der Waals surface area contributed by atoms with Crippen LogP contribution in [0.2, 0.25) is 0 Å². The smallest absolute Gasteiger partial charge is 0.331 e. The van der Waals surface area contributed by atoms with Crippen LogP contribution < -0.4 is 4.74 Å². The number of carbonyl (C=O) groups is 1. The van der Waals surface area contributed by atoms with Gasteiger partial charge in [-0.1, -0.05) is 17.7 Å². The molecule has 4 rings (SSSR count). The zero-order valence-electron chi connectivity index (χ0n) is 22.1. The number of allylic oxidation sites excluding steroid dienone is 1. The third-order valence-electron chi connectivity index (χ3n) is 7.60. The van der Waals surface area contributed by atoms with E-state index in [4.69, 9.17) is 28.8 Å². The largest absolute Gasteiger partial charge is 0.492 e. The summed E-state index contributed by atoms with van der Waals surface area (Å²) < 4.78 is 29.5. The van der Waals surface area contributed by atoms with Crippen molar-refractivity contribution in [3.63, 3.8) is 0 Å². The van der Waals surface area contributed by atoms with E-state index in [-0.39, 0.29) is 30.3 Å². The van der Waals surface area contributed by atoms with Crippen molar-refractivity contribution in [1.82, 2.24) is 0 Å². The molecule has 2 saturated heterocycles. The number of ether oxygens (including phenoxy) is 5. The average Bonchev–Trinajstić information content (AvgIpc) is 3.80. The number of epoxide rings is 2. The summed E-state index contributed by atoms with van der Waals surface area (Å²) in [6.07, 6.45) is 7.28. The maximum atomic E-state index is 12.8. The third-order valence-corrected chi connectivity index (χ3v) is 7.60. The standard InChI is InChI=1S/C29H37NO7/c1-19(2)6-10-24-28(3,37-24)27-26(33-4)23(12-13-29(27)18-35-29)36-25(32)11-8-20-7-9-22(21(16-20)17-30)34-15-5-14-31/h6-9,11,16,23-24,26-27,31H,5,10,12-15,18H2,1-4H3/b11-8+/t23-,24-,26-,27-,28+,29+/m1/s1. The minimum Gasteiger partial charge on any atom is -0.492 e. The Morgan fingerprint density at radius 2 is 2.14 bits per heavy atom. The van der Waals surface area contributed by atoms with Crippen LogP contribution in [0.3, 0.4) is 0 Å². The van der Waals surface area contributed by atoms with Gasteiger partial charge in [0.05, 0.1) is 30.8 Å². The van der Waals surface area contributed by atoms with Crippen LogP contribution in [-0.4, -0.2) is 67.5 Å². The van der Waals surface area contributed by atoms with E-state index >= 15 is 0 Å². The fourth-order valence-corrected chi connectivity index (χ4v) is 5.53. The molecule has 0 radical (unpaired) electrons. The van der Waals surface area contributed by atoms with Gasteiger partial charge in [0.15, 0.2) is 0 Å². The molecular weight excluding hydrogens is 474 g/mol. The molecule has 6 atom stereocenters. The second kappa shape index (κ2) is 11.4. The van der Waals surface area contributed by atoms with Gasteiger partial charge in [0.2, 0.25) is 0 Å². The Kier molecular flexibility index (Phi) is 8.39. The number of methoxy groups -OCH3 is 1. The monoisotopic (exact) mass is 511 g/mol. The van der Waals surface area contributed by atoms with E-state index in [0.717, 1.165) is 12.8 Å². The lowest BCUT2D eigenvalue weighted by molar-refractivity contribution is -0.166. The predicted molar refractivity (Wildman–Crippen MR) is 137 cm³/mol. The van der Waals surface area contributed by atoms with Gasteiger partial charge in [0.25, 0.3) is 0 Å². The number of nitriles is 1. The summed E-state index contributed by atoms with van der Waals surface area (Å²) in [7, 11) is 1.65. The SMILES string of the molecule is CO[C@@H]1[C@H](OC(=O)/C=C/c2ccc(OCCCO)c(C#N)c2)CC[C@]2(CO2)[C@H]1[C@@]1(C)O[C@@H]1CC=C(C)C. The lowest BCUT2D eigenvalue weighted by Crippen LogP contribution is -2.55. The Hall–Kier alpha value is -2.70. The quantitative estimate of drug-likeness (QED) is 0.156. The van der Waals surface area contributed by atoms with Crippen molar-refractivity contribution in [2.75, 3.05) is 26.9 Å². The molecule has 37 heavy (non-hydrogen) atoms. The Labute approximate surface area is 218 Å². The van der Waals surface area contributed by atoms with Crippen LogP contribution in [0.5, 0.6) is 5.75 Å². The first-order valence-electron chi connectivity index (χ1n) is 12.9. The molecule has 1 aliphatic carbocycles. The molecule has 1 aromatic rings. The zero-order chi connectivity index (χ0) is 26.6. The molecule has 2 heterocycles. The van der Waals surface area contributed by atoms with E-state index in [1.54, 1.807) is 31.4 Å². The highest BCUT2D eigenvalue weighted by molar-refractivity contribution is 5.87. The van der Waals surface area contributed by atoms with Crippen LogP contribution in [0, 0.1) is 17.2 Å². The minimum absolute atomic E-state index is 0.0211. The second-order valence-electron chi connectivity index (χ2n) is 10.5. The molecule has 0 unspecified atom stereocenters. The highest BCUT2D eigenvalue weighted by Crippen LogP contribution is 2.59. The average molecular weight is 512 g/mol. The number of aliphatic hydroxyl groups is 1. The molecule has 8 nitrogen and oxygen atoms in total. The Morgan fingerprint density at radius 3 is 2.78 bits per heavy atom. The fourth-order valence-electron chi connectivity index (χ4n) is 5.53. The number of hydrogen-bond donors (Lipinski definition) is 1. The van der Waals surface area contributed by atoms with Gasteiger partial charge in [0.1, 0.15) is 35.2 Å². The minimum atomic E-state index is -0.469. The molecule has 3 fully saturated rings. The van der Waals surface area contributed by atoms with Gasteiger partial charge in [-0.05, 0) is 63.8 Å². The van der Waals surface area contributed by atoms with Crippen molar-refractivity contribution < 1.29 is 33.6 Å². The second-order valence-corrected chi connectivity index (χ2v) is 10.5. The maximum Gasteiger partial charge on any atom is 0.331 e. The number of esters is 1. The molecule has 1 saturated carbocycles. The number of hydrogen-bond acceptors (Lipinski definition) is 8. The van der Waals surface area contributed by atoms with Gasteiger partial charge in [0, 0.05) is 26.2 Å². The summed E-state index contributed by atoms with van der Waals surface area (Å²) in [5, 5.41) is 18.3. The highest BCUT2D eigenvalue weighted by atomic mass is 16.6. The topological polar surface area (TPSA) is 114 Å². The van der Waals surface area contributed by atoms with Gasteiger partial charge >= 0.3 is 5.97 Å². The molecule has 1 aromatic carbocycles. The molecule has 0 bridgehead atoms. The number of carbonyl (C=O) groups excluding carboxylic acids is 1. The molecule has 8 heteroatoms. The van der Waals surface area contributed by atoms with Gasteiger partial charge in [-0.15, -0.1) is 0 Å². The first kappa shape index (κ1) is 27.3. The lowest BCUT2D eigenvalue weighted by Gasteiger charge is -2.42. The zero-order valence-corrected chi connectivity index (χ0v) is 22.1. The van der Waals surface area contributed by atoms with Gasteiger partial charge < -0.3 is 28.8 Å². The normalized spacial score (nSPS) is 32.1. The number of rotatable bonds is 11. The Morgan fingerprint density at radius 1 is 1.35 bits per heavy atom. The van der Waals surface area contributed by atoms with E-state index in [1.807, 2.05) is 0 Å². The summed E-state index contributed by atoms with van der Waals surface area (Å²) in [5.74, 6) is -0.0578. The van der Waals surface area contributed by atoms with Crippen LogP contribution in [-0.2, 0) is 23.7 Å². The van der Waals surface area contributed by atoms with E-state index in [2.05, 4.69) is 32.9 Å². The van der Waals surface area contributed by atoms with Crippen molar-refractivity contribution in [3.8, 4) is 11.8 Å². The molecule has 2 aliphatic heterocycles. The first-order valence-corrected chi connectivity index (χ1v) is 12.9. The van der Waals surface area contributed by atoms with E-state index in [9.17, 15) is 10.1 Å². The van der Waals surface area contributed by atoms with Crippen molar-refractivity contribution >= 4 is 12.0 Å². The number of nitrogens with zero attached hydrogens (tertiary/aromatic N) is 1. The van der Waals surface area contributed by atoms with Crippen molar-refractivity contribution in [2.45, 2.75) is 76.0 Å². The maximum absolute atomic E-state index is 12.8. The summed E-state index contributed by atoms with van der Waals surface area (Å²) in [4.78, 5) is 12.8. The van der Waals surface area contributed by atoms with Crippen molar-refractivity contribution in [3.05, 3.63) is 47.1 Å². The molecule has 1 N–H and O–H groups in total. The molecular formula is C29H37NO7. The third kappa shape index (κ3) is 6.07. The van der Waals surface area contributed by atoms with E-state index < -0.39 is 17.7 Å². The van der Waals surface area contributed by atoms with Crippen molar-refractivity contribution in [1.29, 1.82) is 5.26 Å². The fraction of sp³-hybridized carbons (Fsp3) is 0.586. The summed E-state index contributed by atoms with van der Waals surface area (Å²) in [5.41, 5.74) is 1.63. The Bertz CT molecular complexity index is 1080. The summed E-state index contributed by atoms with van der Waals surface area (Å²) in [6.45, 7) is 7.29. The number of benzene rings is 1. The molecule has 3 aliphatic rings. The lowest BCUT2D eigenvalue weighted by atomic mass is 9.68. The van der Waals surface area contributed by atoms with Crippen LogP contribution in [0.15, 0.2) is 35.9 Å².